The third-order valence-electron chi connectivity index (χ3n) is 1.98. The Balaban J connectivity index is 2.23. The number of nitrogens with one attached hydrogen (secondary N) is 2. The number of rotatable bonds is 3. The number of aldehydes is 1. The molecule has 0 fully saturated rings. The second-order valence-corrected chi connectivity index (χ2v) is 3.18. The molecule has 2 aromatic rings. The minimum absolute atomic E-state index is 0.396. The number of hydrogen-bond acceptors (Lipinski definition) is 4. The third kappa shape index (κ3) is 2.33. The molecule has 1 aromatic carbocycles. The van der Waals surface area contributed by atoms with Crippen molar-refractivity contribution >= 4 is 17.7 Å². The van der Waals surface area contributed by atoms with Crippen LogP contribution in [0.1, 0.15) is 10.4 Å². The van der Waals surface area contributed by atoms with Gasteiger partial charge in [-0.2, -0.15) is 4.98 Å². The lowest BCUT2D eigenvalue weighted by Gasteiger charge is -2.05. The quantitative estimate of drug-likeness (QED) is 0.757. The Morgan fingerprint density at radius 1 is 1.31 bits per heavy atom. The van der Waals surface area contributed by atoms with Crippen LogP contribution < -0.4 is 11.0 Å². The minimum Gasteiger partial charge on any atom is -0.353 e. The fourth-order valence-corrected chi connectivity index (χ4v) is 1.27. The molecule has 0 atom stereocenters. The first-order chi connectivity index (χ1) is 7.78. The molecule has 0 bridgehead atoms. The monoisotopic (exact) mass is 215 g/mol. The molecule has 2 rings (SSSR count). The summed E-state index contributed by atoms with van der Waals surface area (Å²) in [7, 11) is 0. The first kappa shape index (κ1) is 10.1. The van der Waals surface area contributed by atoms with E-state index in [4.69, 9.17) is 0 Å². The average Bonchev–Trinajstić information content (AvgIpc) is 2.32. The zero-order chi connectivity index (χ0) is 11.4. The van der Waals surface area contributed by atoms with Crippen LogP contribution in [0.25, 0.3) is 0 Å². The normalized spacial score (nSPS) is 9.75. The highest BCUT2D eigenvalue weighted by molar-refractivity contribution is 5.77. The van der Waals surface area contributed by atoms with Gasteiger partial charge in [0.05, 0.1) is 11.9 Å². The zero-order valence-electron chi connectivity index (χ0n) is 8.31. The molecule has 0 saturated heterocycles. The highest BCUT2D eigenvalue weighted by atomic mass is 16.1. The molecule has 0 spiro atoms. The fourth-order valence-electron chi connectivity index (χ4n) is 1.27. The SMILES string of the molecule is O=Cc1cccc(Nc2cnc(=O)[nH]c2)c1. The zero-order valence-corrected chi connectivity index (χ0v) is 8.31. The fraction of sp³-hybridized carbons (Fsp3) is 0. The second kappa shape index (κ2) is 4.39. The molecule has 0 aliphatic heterocycles. The average molecular weight is 215 g/mol. The van der Waals surface area contributed by atoms with E-state index in [1.807, 2.05) is 6.07 Å². The van der Waals surface area contributed by atoms with Crippen molar-refractivity contribution in [1.29, 1.82) is 0 Å². The Kier molecular flexibility index (Phi) is 2.77. The van der Waals surface area contributed by atoms with Gasteiger partial charge in [0, 0.05) is 17.4 Å². The van der Waals surface area contributed by atoms with Crippen LogP contribution in [-0.2, 0) is 0 Å². The molecular formula is C11H9N3O2. The summed E-state index contributed by atoms with van der Waals surface area (Å²) in [5, 5.41) is 3.01. The number of H-pyrrole nitrogens is 1. The number of carbonyl (C=O) groups is 1. The van der Waals surface area contributed by atoms with E-state index in [-0.39, 0.29) is 0 Å². The van der Waals surface area contributed by atoms with Crippen molar-refractivity contribution in [2.75, 3.05) is 5.32 Å². The van der Waals surface area contributed by atoms with Gasteiger partial charge in [-0.3, -0.25) is 4.79 Å². The van der Waals surface area contributed by atoms with Crippen LogP contribution in [0.2, 0.25) is 0 Å². The third-order valence-corrected chi connectivity index (χ3v) is 1.98. The second-order valence-electron chi connectivity index (χ2n) is 3.18. The van der Waals surface area contributed by atoms with Crippen molar-refractivity contribution in [3.05, 3.63) is 52.7 Å². The van der Waals surface area contributed by atoms with Gasteiger partial charge in [-0.15, -0.1) is 0 Å². The van der Waals surface area contributed by atoms with Crippen molar-refractivity contribution < 1.29 is 4.79 Å². The van der Waals surface area contributed by atoms with E-state index in [9.17, 15) is 9.59 Å². The number of nitrogens with zero attached hydrogens (tertiary/aromatic N) is 1. The standard InChI is InChI=1S/C11H9N3O2/c15-7-8-2-1-3-9(4-8)14-10-5-12-11(16)13-6-10/h1-7,14H,(H,12,13,16). The number of carbonyl (C=O) groups excluding carboxylic acids is 1. The van der Waals surface area contributed by atoms with E-state index in [2.05, 4.69) is 15.3 Å². The van der Waals surface area contributed by atoms with Crippen molar-refractivity contribution in [2.24, 2.45) is 0 Å². The van der Waals surface area contributed by atoms with Crippen LogP contribution in [0, 0.1) is 0 Å². The molecule has 0 amide bonds. The molecule has 0 radical (unpaired) electrons. The van der Waals surface area contributed by atoms with E-state index >= 15 is 0 Å². The molecular weight excluding hydrogens is 206 g/mol. The smallest absolute Gasteiger partial charge is 0.345 e. The number of aromatic amines is 1. The summed E-state index contributed by atoms with van der Waals surface area (Å²) in [4.78, 5) is 27.3. The number of aromatic nitrogens is 2. The van der Waals surface area contributed by atoms with Gasteiger partial charge in [-0.25, -0.2) is 4.79 Å². The van der Waals surface area contributed by atoms with Gasteiger partial charge in [0.2, 0.25) is 0 Å². The number of hydrogen-bond donors (Lipinski definition) is 2. The topological polar surface area (TPSA) is 74.8 Å². The maximum absolute atomic E-state index is 10.7. The van der Waals surface area contributed by atoms with Crippen LogP contribution in [0.15, 0.2) is 41.5 Å². The molecule has 0 aliphatic carbocycles. The maximum Gasteiger partial charge on any atom is 0.345 e. The molecule has 5 heteroatoms. The van der Waals surface area contributed by atoms with Crippen LogP contribution in [0.5, 0.6) is 0 Å². The Labute approximate surface area is 91.2 Å². The first-order valence-electron chi connectivity index (χ1n) is 4.65. The lowest BCUT2D eigenvalue weighted by molar-refractivity contribution is 0.112. The molecule has 0 unspecified atom stereocenters. The maximum atomic E-state index is 10.7. The summed E-state index contributed by atoms with van der Waals surface area (Å²) in [5.41, 5.74) is 1.61. The summed E-state index contributed by atoms with van der Waals surface area (Å²) in [6.07, 6.45) is 3.71. The predicted octanol–water partition coefficient (Wildman–Crippen LogP) is 1.33. The summed E-state index contributed by atoms with van der Waals surface area (Å²) >= 11 is 0. The largest absolute Gasteiger partial charge is 0.353 e. The van der Waals surface area contributed by atoms with E-state index in [0.29, 0.717) is 11.3 Å². The highest BCUT2D eigenvalue weighted by Crippen LogP contribution is 2.14. The lowest BCUT2D eigenvalue weighted by atomic mass is 10.2. The van der Waals surface area contributed by atoms with E-state index in [1.165, 1.54) is 12.4 Å². The summed E-state index contributed by atoms with van der Waals surface area (Å²) in [6, 6.07) is 7.00. The van der Waals surface area contributed by atoms with E-state index in [1.54, 1.807) is 18.2 Å². The predicted molar refractivity (Wildman–Crippen MR) is 60.0 cm³/mol. The molecule has 0 saturated carbocycles. The van der Waals surface area contributed by atoms with Crippen molar-refractivity contribution in [2.45, 2.75) is 0 Å². The van der Waals surface area contributed by atoms with Gasteiger partial charge < -0.3 is 10.3 Å². The van der Waals surface area contributed by atoms with Gasteiger partial charge in [-0.05, 0) is 12.1 Å². The van der Waals surface area contributed by atoms with Gasteiger partial charge in [0.25, 0.3) is 0 Å². The lowest BCUT2D eigenvalue weighted by Crippen LogP contribution is -2.08. The molecule has 0 aliphatic rings. The van der Waals surface area contributed by atoms with Crippen LogP contribution >= 0.6 is 0 Å². The van der Waals surface area contributed by atoms with E-state index < -0.39 is 5.69 Å². The van der Waals surface area contributed by atoms with E-state index in [0.717, 1.165) is 12.0 Å². The van der Waals surface area contributed by atoms with Gasteiger partial charge in [-0.1, -0.05) is 12.1 Å². The Morgan fingerprint density at radius 2 is 2.19 bits per heavy atom. The number of benzene rings is 1. The molecule has 5 nitrogen and oxygen atoms in total. The molecule has 16 heavy (non-hydrogen) atoms. The molecule has 2 N–H and O–H groups in total. The summed E-state index contributed by atoms with van der Waals surface area (Å²) in [6.45, 7) is 0. The van der Waals surface area contributed by atoms with Crippen molar-refractivity contribution in [3.63, 3.8) is 0 Å². The van der Waals surface area contributed by atoms with Crippen LogP contribution in [-0.4, -0.2) is 16.3 Å². The Hall–Kier alpha value is -2.43. The highest BCUT2D eigenvalue weighted by Gasteiger charge is 1.96. The van der Waals surface area contributed by atoms with Gasteiger partial charge in [0.15, 0.2) is 0 Å². The molecule has 1 aromatic heterocycles. The van der Waals surface area contributed by atoms with Gasteiger partial charge in [0.1, 0.15) is 6.29 Å². The van der Waals surface area contributed by atoms with Crippen LogP contribution in [0.4, 0.5) is 11.4 Å². The molecule has 80 valence electrons. The van der Waals surface area contributed by atoms with Gasteiger partial charge >= 0.3 is 5.69 Å². The molecule has 1 heterocycles. The summed E-state index contributed by atoms with van der Waals surface area (Å²) < 4.78 is 0. The summed E-state index contributed by atoms with van der Waals surface area (Å²) in [5.74, 6) is 0. The van der Waals surface area contributed by atoms with Crippen LogP contribution in [0.3, 0.4) is 0 Å². The Bertz CT molecular complexity index is 543. The van der Waals surface area contributed by atoms with Crippen molar-refractivity contribution in [1.82, 2.24) is 9.97 Å². The van der Waals surface area contributed by atoms with Crippen molar-refractivity contribution in [3.8, 4) is 0 Å². The minimum atomic E-state index is -0.396. The number of anilines is 2. The first-order valence-corrected chi connectivity index (χ1v) is 4.65. The Morgan fingerprint density at radius 3 is 2.88 bits per heavy atom.